The molecule has 7 heteroatoms. The number of rotatable bonds is 5. The Balaban J connectivity index is 2.50. The number of aromatic nitrogens is 1. The van der Waals surface area contributed by atoms with Crippen LogP contribution in [0.3, 0.4) is 0 Å². The fourth-order valence-electron chi connectivity index (χ4n) is 0.945. The van der Waals surface area contributed by atoms with Gasteiger partial charge in [-0.3, -0.25) is 4.79 Å². The Hall–Kier alpha value is -1.47. The minimum Gasteiger partial charge on any atom is -0.476 e. The molecule has 0 saturated heterocycles. The van der Waals surface area contributed by atoms with Crippen molar-refractivity contribution in [2.24, 2.45) is 0 Å². The molecule has 0 bridgehead atoms. The molecular formula is C9H13N3O3S. The maximum absolute atomic E-state index is 11.5. The molecule has 1 amide bonds. The third-order valence-corrected chi connectivity index (χ3v) is 2.60. The molecule has 0 aromatic carbocycles. The van der Waals surface area contributed by atoms with Crippen LogP contribution in [0.5, 0.6) is 0 Å². The highest BCUT2D eigenvalue weighted by Crippen LogP contribution is 2.09. The van der Waals surface area contributed by atoms with Crippen molar-refractivity contribution in [1.29, 1.82) is 0 Å². The van der Waals surface area contributed by atoms with Crippen LogP contribution < -0.4 is 5.32 Å². The monoisotopic (exact) mass is 243 g/mol. The molecule has 6 nitrogen and oxygen atoms in total. The van der Waals surface area contributed by atoms with Gasteiger partial charge in [0.1, 0.15) is 0 Å². The summed E-state index contributed by atoms with van der Waals surface area (Å²) in [4.78, 5) is 27.7. The topological polar surface area (TPSA) is 82.5 Å². The smallest absolute Gasteiger partial charge is 0.355 e. The fraction of sp³-hybridized carbons (Fsp3) is 0.444. The standard InChI is InChI=1S/C9H13N3O3S/c1-12(2)4-3-10-7(13)8-11-6(5-16-8)9(14)15/h5H,3-4H2,1-2H3,(H,10,13)(H,14,15). The van der Waals surface area contributed by atoms with Gasteiger partial charge in [-0.25, -0.2) is 9.78 Å². The predicted octanol–water partition coefficient (Wildman–Crippen LogP) is 0.133. The molecule has 0 saturated carbocycles. The molecule has 0 unspecified atom stereocenters. The molecule has 0 atom stereocenters. The van der Waals surface area contributed by atoms with Crippen LogP contribution in [0.2, 0.25) is 0 Å². The van der Waals surface area contributed by atoms with Crippen molar-refractivity contribution in [1.82, 2.24) is 15.2 Å². The normalized spacial score (nSPS) is 10.4. The molecule has 2 N–H and O–H groups in total. The largest absolute Gasteiger partial charge is 0.476 e. The number of likely N-dealkylation sites (N-methyl/N-ethyl adjacent to an activating group) is 1. The van der Waals surface area contributed by atoms with E-state index in [0.717, 1.165) is 17.9 Å². The van der Waals surface area contributed by atoms with Crippen LogP contribution in [0.4, 0.5) is 0 Å². The van der Waals surface area contributed by atoms with Gasteiger partial charge in [-0.1, -0.05) is 0 Å². The minimum atomic E-state index is -1.12. The number of amides is 1. The lowest BCUT2D eigenvalue weighted by atomic mass is 10.5. The van der Waals surface area contributed by atoms with E-state index in [1.165, 1.54) is 5.38 Å². The summed E-state index contributed by atoms with van der Waals surface area (Å²) in [6.07, 6.45) is 0. The highest BCUT2D eigenvalue weighted by atomic mass is 32.1. The van der Waals surface area contributed by atoms with Crippen molar-refractivity contribution in [2.45, 2.75) is 0 Å². The molecule has 1 aromatic heterocycles. The van der Waals surface area contributed by atoms with E-state index >= 15 is 0 Å². The van der Waals surface area contributed by atoms with Crippen LogP contribution in [-0.4, -0.2) is 54.1 Å². The minimum absolute atomic E-state index is 0.0947. The molecule has 1 heterocycles. The van der Waals surface area contributed by atoms with E-state index in [-0.39, 0.29) is 16.6 Å². The second-order valence-corrected chi connectivity index (χ2v) is 4.26. The van der Waals surface area contributed by atoms with Crippen molar-refractivity contribution in [3.05, 3.63) is 16.1 Å². The number of carboxylic acid groups (broad SMARTS) is 1. The Morgan fingerprint density at radius 2 is 2.25 bits per heavy atom. The number of aromatic carboxylic acids is 1. The first-order chi connectivity index (χ1) is 7.50. The van der Waals surface area contributed by atoms with Crippen LogP contribution >= 0.6 is 11.3 Å². The first kappa shape index (κ1) is 12.6. The molecule has 0 aliphatic rings. The molecule has 88 valence electrons. The Bertz CT molecular complexity index is 389. The fourth-order valence-corrected chi connectivity index (χ4v) is 1.65. The van der Waals surface area contributed by atoms with E-state index < -0.39 is 5.97 Å². The average molecular weight is 243 g/mol. The van der Waals surface area contributed by atoms with Crippen LogP contribution in [0.15, 0.2) is 5.38 Å². The third kappa shape index (κ3) is 3.59. The quantitative estimate of drug-likeness (QED) is 0.768. The number of nitrogens with one attached hydrogen (secondary N) is 1. The maximum atomic E-state index is 11.5. The number of thiazole rings is 1. The van der Waals surface area contributed by atoms with E-state index in [9.17, 15) is 9.59 Å². The Labute approximate surface area is 96.9 Å². The summed E-state index contributed by atoms with van der Waals surface area (Å²) in [5.74, 6) is -1.46. The van der Waals surface area contributed by atoms with Crippen LogP contribution in [0, 0.1) is 0 Å². The van der Waals surface area contributed by atoms with Crippen LogP contribution in [0.1, 0.15) is 20.3 Å². The zero-order valence-electron chi connectivity index (χ0n) is 9.06. The van der Waals surface area contributed by atoms with Gasteiger partial charge in [0.2, 0.25) is 0 Å². The zero-order chi connectivity index (χ0) is 12.1. The van der Waals surface area contributed by atoms with Gasteiger partial charge in [-0.2, -0.15) is 0 Å². The first-order valence-electron chi connectivity index (χ1n) is 4.62. The van der Waals surface area contributed by atoms with Gasteiger partial charge < -0.3 is 15.3 Å². The molecular weight excluding hydrogens is 230 g/mol. The van der Waals surface area contributed by atoms with Crippen molar-refractivity contribution in [2.75, 3.05) is 27.2 Å². The number of hydrogen-bond donors (Lipinski definition) is 2. The molecule has 0 aliphatic carbocycles. The highest BCUT2D eigenvalue weighted by Gasteiger charge is 2.13. The highest BCUT2D eigenvalue weighted by molar-refractivity contribution is 7.11. The number of carbonyl (C=O) groups excluding carboxylic acids is 1. The van der Waals surface area contributed by atoms with Gasteiger partial charge in [-0.05, 0) is 14.1 Å². The number of nitrogens with zero attached hydrogens (tertiary/aromatic N) is 2. The van der Waals surface area contributed by atoms with Gasteiger partial charge in [0.05, 0.1) is 0 Å². The summed E-state index contributed by atoms with van der Waals surface area (Å²) in [5.41, 5.74) is -0.0947. The van der Waals surface area contributed by atoms with Gasteiger partial charge in [0.25, 0.3) is 5.91 Å². The second kappa shape index (κ2) is 5.57. The maximum Gasteiger partial charge on any atom is 0.355 e. The average Bonchev–Trinajstić information content (AvgIpc) is 2.65. The van der Waals surface area contributed by atoms with E-state index in [0.29, 0.717) is 6.54 Å². The van der Waals surface area contributed by atoms with Gasteiger partial charge in [0, 0.05) is 18.5 Å². The number of carboxylic acids is 1. The summed E-state index contributed by atoms with van der Waals surface area (Å²) in [6, 6.07) is 0. The molecule has 0 spiro atoms. The van der Waals surface area contributed by atoms with Crippen molar-refractivity contribution < 1.29 is 14.7 Å². The van der Waals surface area contributed by atoms with Crippen molar-refractivity contribution in [3.63, 3.8) is 0 Å². The summed E-state index contributed by atoms with van der Waals surface area (Å²) < 4.78 is 0. The van der Waals surface area contributed by atoms with Gasteiger partial charge in [-0.15, -0.1) is 11.3 Å². The lowest BCUT2D eigenvalue weighted by molar-refractivity contribution is 0.0691. The predicted molar refractivity (Wildman–Crippen MR) is 60.0 cm³/mol. The first-order valence-corrected chi connectivity index (χ1v) is 5.50. The number of carbonyl (C=O) groups is 2. The summed E-state index contributed by atoms with van der Waals surface area (Å²) >= 11 is 1.03. The molecule has 1 rings (SSSR count). The SMILES string of the molecule is CN(C)CCNC(=O)c1nc(C(=O)O)cs1. The lowest BCUT2D eigenvalue weighted by Gasteiger charge is -2.09. The Morgan fingerprint density at radius 1 is 1.56 bits per heavy atom. The Kier molecular flexibility index (Phi) is 4.39. The zero-order valence-corrected chi connectivity index (χ0v) is 9.87. The molecule has 0 radical (unpaired) electrons. The van der Waals surface area contributed by atoms with E-state index in [1.54, 1.807) is 0 Å². The van der Waals surface area contributed by atoms with Crippen LogP contribution in [-0.2, 0) is 0 Å². The summed E-state index contributed by atoms with van der Waals surface area (Å²) in [6.45, 7) is 1.23. The number of hydrogen-bond acceptors (Lipinski definition) is 5. The summed E-state index contributed by atoms with van der Waals surface area (Å²) in [7, 11) is 3.80. The van der Waals surface area contributed by atoms with Crippen LogP contribution in [0.25, 0.3) is 0 Å². The second-order valence-electron chi connectivity index (χ2n) is 3.40. The van der Waals surface area contributed by atoms with Gasteiger partial charge >= 0.3 is 5.97 Å². The van der Waals surface area contributed by atoms with E-state index in [4.69, 9.17) is 5.11 Å². The third-order valence-electron chi connectivity index (χ3n) is 1.76. The molecule has 16 heavy (non-hydrogen) atoms. The molecule has 0 fully saturated rings. The van der Waals surface area contributed by atoms with E-state index in [1.807, 2.05) is 19.0 Å². The lowest BCUT2D eigenvalue weighted by Crippen LogP contribution is -2.31. The molecule has 1 aromatic rings. The van der Waals surface area contributed by atoms with Gasteiger partial charge in [0.15, 0.2) is 10.7 Å². The Morgan fingerprint density at radius 3 is 2.75 bits per heavy atom. The van der Waals surface area contributed by atoms with E-state index in [2.05, 4.69) is 10.3 Å². The van der Waals surface area contributed by atoms with Crippen molar-refractivity contribution >= 4 is 23.2 Å². The molecule has 0 aliphatic heterocycles. The van der Waals surface area contributed by atoms with Crippen molar-refractivity contribution in [3.8, 4) is 0 Å². The summed E-state index contributed by atoms with van der Waals surface area (Å²) in [5, 5.41) is 12.8.